The molecular weight excluding hydrogens is 1420 g/mol. The molecule has 4 N–H and O–H groups in total. The van der Waals surface area contributed by atoms with Gasteiger partial charge in [-0.2, -0.15) is 0 Å². The number of allylic oxidation sites excluding steroid dienone is 4. The van der Waals surface area contributed by atoms with E-state index in [9.17, 15) is 47.7 Å². The molecule has 0 aliphatic heterocycles. The van der Waals surface area contributed by atoms with Crippen molar-refractivity contribution in [2.24, 2.45) is 0 Å². The minimum absolute atomic E-state index is 0. The minimum atomic E-state index is -4.99. The molecule has 0 saturated carbocycles. The van der Waals surface area contributed by atoms with E-state index in [1.54, 1.807) is 0 Å². The molecule has 0 spiro atoms. The zero-order valence-corrected chi connectivity index (χ0v) is 74.8. The summed E-state index contributed by atoms with van der Waals surface area (Å²) in [6, 6.07) is -1.74. The standard InChI is InChI=1S/C81H154N4O18P2.2Na/c1-7-13-19-25-29-33-37-43-49-55-76(86)84-72(68-96-63-59-74(53-47-41-23-17-11-5)102-80(90)57-51-45-39-35-31-27-21-15-9-3)70-100-104(92,93)98-65-61-82-78(88)67-79(89)83-62-66-99-105(94,95)101-71-73(85-77(87)56-50-44-38-34-30-26-20-14-8-2)69-97-64-60-75(54-48-42-24-18-12-6)103-81(91)58-52-46-40-36-32-28-22-16-10-4;;/h35-36,39-40,72-75H,7-34,37-38,41-71H2,1-6H3,(H,82,88)(H,83,89)(H,84,86)(H,85,87)(H,92,93)(H,94,95);;/q;2*+1/p-2/b39-35-,40-36-;;. The van der Waals surface area contributed by atoms with Gasteiger partial charge in [-0.15, -0.1) is 0 Å². The predicted octanol–water partition coefficient (Wildman–Crippen LogP) is 12.2. The molecule has 107 heavy (non-hydrogen) atoms. The first kappa shape index (κ1) is 110. The molecule has 0 aliphatic carbocycles. The fourth-order valence-corrected chi connectivity index (χ4v) is 13.4. The van der Waals surface area contributed by atoms with E-state index in [1.165, 1.54) is 116 Å². The summed E-state index contributed by atoms with van der Waals surface area (Å²) in [6.07, 6.45) is 55.5. The van der Waals surface area contributed by atoms with Crippen LogP contribution in [0.5, 0.6) is 0 Å². The molecule has 0 aromatic rings. The summed E-state index contributed by atoms with van der Waals surface area (Å²) in [5.41, 5.74) is 0. The Balaban J connectivity index is -0.0000541. The van der Waals surface area contributed by atoms with Crippen LogP contribution in [0.15, 0.2) is 24.3 Å². The second kappa shape index (κ2) is 81.0. The minimum Gasteiger partial charge on any atom is -0.756 e. The van der Waals surface area contributed by atoms with Crippen molar-refractivity contribution in [2.75, 3.05) is 65.9 Å². The molecule has 6 unspecified atom stereocenters. The van der Waals surface area contributed by atoms with Gasteiger partial charge in [0.1, 0.15) is 18.6 Å². The van der Waals surface area contributed by atoms with Crippen molar-refractivity contribution >= 4 is 51.2 Å². The van der Waals surface area contributed by atoms with Crippen molar-refractivity contribution in [2.45, 2.75) is 393 Å². The Kier molecular flexibility index (Phi) is 83.0. The van der Waals surface area contributed by atoms with Crippen molar-refractivity contribution in [3.8, 4) is 0 Å². The van der Waals surface area contributed by atoms with Crippen LogP contribution in [-0.4, -0.2) is 126 Å². The fourth-order valence-electron chi connectivity index (χ4n) is 11.9. The van der Waals surface area contributed by atoms with Crippen molar-refractivity contribution in [3.05, 3.63) is 24.3 Å². The van der Waals surface area contributed by atoms with Gasteiger partial charge in [0.25, 0.3) is 15.6 Å². The summed E-state index contributed by atoms with van der Waals surface area (Å²) in [5.74, 6) is -2.59. The Morgan fingerprint density at radius 2 is 0.617 bits per heavy atom. The molecule has 0 fully saturated rings. The SMILES string of the molecule is CCCCCC/C=C\CCCC(=O)OC(CCCCCCC)CCOCC(COP(=O)([O-])OCCNC(=O)CC(=O)NCCOP(=O)([O-])OCC(COCCC(CCCCCCC)OC(=O)CCC/C=C\CCCCCC)NC(=O)CCCCCCCCCCC)NC(=O)CCCCCCCCCCC.[Na+].[Na+]. The molecule has 4 amide bonds. The van der Waals surface area contributed by atoms with E-state index in [1.807, 2.05) is 0 Å². The Labute approximate surface area is 694 Å². The van der Waals surface area contributed by atoms with Crippen molar-refractivity contribution < 1.29 is 144 Å². The topological polar surface area (TPSA) is 305 Å². The number of phosphoric ester groups is 2. The maximum absolute atomic E-state index is 13.2. The van der Waals surface area contributed by atoms with Crippen LogP contribution in [0.25, 0.3) is 0 Å². The van der Waals surface area contributed by atoms with Gasteiger partial charge in [-0.05, 0) is 89.9 Å². The van der Waals surface area contributed by atoms with Crippen LogP contribution in [0, 0.1) is 0 Å². The number of hydrogen-bond acceptors (Lipinski definition) is 18. The van der Waals surface area contributed by atoms with Crippen LogP contribution in [0.2, 0.25) is 0 Å². The number of amides is 4. The van der Waals surface area contributed by atoms with Crippen LogP contribution in [-0.2, 0) is 74.9 Å². The Bertz CT molecular complexity index is 2110. The number of carbonyl (C=O) groups is 6. The van der Waals surface area contributed by atoms with Gasteiger partial charge in [-0.1, -0.05) is 258 Å². The summed E-state index contributed by atoms with van der Waals surface area (Å²) in [5, 5.41) is 10.5. The molecule has 0 aromatic carbocycles. The number of unbranched alkanes of at least 4 members (excludes halogenated alkanes) is 34. The number of rotatable bonds is 80. The second-order valence-corrected chi connectivity index (χ2v) is 31.3. The third kappa shape index (κ3) is 78.1. The zero-order valence-electron chi connectivity index (χ0n) is 69.0. The van der Waals surface area contributed by atoms with Crippen LogP contribution in [0.3, 0.4) is 0 Å². The molecule has 0 rings (SSSR count). The first-order valence-electron chi connectivity index (χ1n) is 42.1. The molecule has 0 bridgehead atoms. The molecule has 22 nitrogen and oxygen atoms in total. The number of carbonyl (C=O) groups excluding carboxylic acids is 6. The van der Waals surface area contributed by atoms with E-state index in [0.717, 1.165) is 128 Å². The Morgan fingerprint density at radius 1 is 0.327 bits per heavy atom. The summed E-state index contributed by atoms with van der Waals surface area (Å²) < 4.78 is 70.4. The molecule has 0 radical (unpaired) electrons. The van der Waals surface area contributed by atoms with Crippen molar-refractivity contribution in [1.82, 2.24) is 21.3 Å². The van der Waals surface area contributed by atoms with E-state index < -0.39 is 72.4 Å². The van der Waals surface area contributed by atoms with E-state index in [-0.39, 0.29) is 147 Å². The van der Waals surface area contributed by atoms with E-state index >= 15 is 0 Å². The molecule has 0 saturated heterocycles. The maximum atomic E-state index is 13.2. The summed E-state index contributed by atoms with van der Waals surface area (Å²) in [4.78, 5) is 104. The summed E-state index contributed by atoms with van der Waals surface area (Å²) in [7, 11) is -9.97. The normalized spacial score (nSPS) is 13.8. The number of hydrogen-bond donors (Lipinski definition) is 4. The van der Waals surface area contributed by atoms with Gasteiger partial charge in [0.2, 0.25) is 23.6 Å². The van der Waals surface area contributed by atoms with E-state index in [0.29, 0.717) is 64.2 Å². The van der Waals surface area contributed by atoms with Crippen LogP contribution < -0.4 is 90.2 Å². The Hall–Kier alpha value is -1.56. The molecule has 616 valence electrons. The Morgan fingerprint density at radius 3 is 0.944 bits per heavy atom. The first-order valence-corrected chi connectivity index (χ1v) is 45.0. The number of ether oxygens (including phenoxy) is 4. The second-order valence-electron chi connectivity index (χ2n) is 28.5. The quantitative estimate of drug-likeness (QED) is 0.0110. The molecule has 0 aliphatic rings. The van der Waals surface area contributed by atoms with Gasteiger partial charge in [0, 0.05) is 51.6 Å². The smallest absolute Gasteiger partial charge is 0.756 e. The predicted molar refractivity (Wildman–Crippen MR) is 418 cm³/mol. The van der Waals surface area contributed by atoms with Gasteiger partial charge in [0.05, 0.1) is 64.9 Å². The zero-order chi connectivity index (χ0) is 77.2. The van der Waals surface area contributed by atoms with Crippen molar-refractivity contribution in [3.63, 3.8) is 0 Å². The summed E-state index contributed by atoms with van der Waals surface area (Å²) >= 11 is 0. The first-order chi connectivity index (χ1) is 50.9. The number of nitrogens with one attached hydrogen (secondary N) is 4. The van der Waals surface area contributed by atoms with Crippen LogP contribution in [0.1, 0.15) is 369 Å². The maximum Gasteiger partial charge on any atom is 1.00 e. The summed E-state index contributed by atoms with van der Waals surface area (Å²) in [6.45, 7) is 10.6. The van der Waals surface area contributed by atoms with Gasteiger partial charge in [-0.25, -0.2) is 0 Å². The largest absolute Gasteiger partial charge is 1.00 e. The van der Waals surface area contributed by atoms with E-state index in [2.05, 4.69) is 87.1 Å². The van der Waals surface area contributed by atoms with Gasteiger partial charge >= 0.3 is 71.1 Å². The van der Waals surface area contributed by atoms with Crippen molar-refractivity contribution in [1.29, 1.82) is 0 Å². The average molecular weight is 1580 g/mol. The van der Waals surface area contributed by atoms with Gasteiger partial charge in [0.15, 0.2) is 0 Å². The third-order valence-electron chi connectivity index (χ3n) is 18.2. The molecule has 0 aromatic heterocycles. The van der Waals surface area contributed by atoms with Crippen LogP contribution >= 0.6 is 15.6 Å². The fraction of sp³-hybridized carbons (Fsp3) is 0.877. The van der Waals surface area contributed by atoms with Crippen LogP contribution in [0.4, 0.5) is 0 Å². The molecule has 0 heterocycles. The number of esters is 2. The number of phosphoric acid groups is 2. The average Bonchev–Trinajstić information content (AvgIpc) is 0.917. The van der Waals surface area contributed by atoms with Gasteiger partial charge < -0.3 is 68.1 Å². The third-order valence-corrected chi connectivity index (χ3v) is 20.2. The molecule has 26 heteroatoms. The van der Waals surface area contributed by atoms with Gasteiger partial charge in [-0.3, -0.25) is 37.9 Å². The molecular formula is C81H152N4Na2O18P2. The molecule has 6 atom stereocenters. The van der Waals surface area contributed by atoms with E-state index in [4.69, 9.17) is 37.0 Å². The monoisotopic (exact) mass is 1580 g/mol.